The Kier molecular flexibility index (Phi) is 6.74. The lowest BCUT2D eigenvalue weighted by atomic mass is 10.0. The molecule has 0 aliphatic heterocycles. The second-order valence-electron chi connectivity index (χ2n) is 6.20. The molecule has 0 aromatic heterocycles. The zero-order chi connectivity index (χ0) is 14.9. The third-order valence-corrected chi connectivity index (χ3v) is 4.50. The van der Waals surface area contributed by atoms with Gasteiger partial charge in [-0.1, -0.05) is 56.0 Å². The quantitative estimate of drug-likeness (QED) is 0.719. The van der Waals surface area contributed by atoms with Gasteiger partial charge in [0.1, 0.15) is 0 Å². The molecule has 1 atom stereocenters. The van der Waals surface area contributed by atoms with Crippen molar-refractivity contribution >= 4 is 5.91 Å². The third kappa shape index (κ3) is 5.88. The lowest BCUT2D eigenvalue weighted by Crippen LogP contribution is -2.25. The van der Waals surface area contributed by atoms with E-state index in [-0.39, 0.29) is 11.9 Å². The van der Waals surface area contributed by atoms with E-state index in [1.54, 1.807) is 0 Å². The molecule has 2 rings (SSSR count). The van der Waals surface area contributed by atoms with E-state index in [0.717, 1.165) is 24.4 Å². The van der Waals surface area contributed by atoms with Crippen LogP contribution in [0.15, 0.2) is 30.3 Å². The topological polar surface area (TPSA) is 55.1 Å². The summed E-state index contributed by atoms with van der Waals surface area (Å²) in [4.78, 5) is 11.8. The molecule has 0 spiro atoms. The highest BCUT2D eigenvalue weighted by Gasteiger charge is 2.14. The van der Waals surface area contributed by atoms with Crippen molar-refractivity contribution in [3.63, 3.8) is 0 Å². The Morgan fingerprint density at radius 3 is 2.67 bits per heavy atom. The molecule has 0 saturated heterocycles. The van der Waals surface area contributed by atoms with E-state index in [2.05, 4.69) is 5.32 Å². The summed E-state index contributed by atoms with van der Waals surface area (Å²) in [6.07, 6.45) is 9.17. The Morgan fingerprint density at radius 2 is 1.95 bits per heavy atom. The molecule has 0 radical (unpaired) electrons. The summed E-state index contributed by atoms with van der Waals surface area (Å²) in [7, 11) is 0. The molecule has 1 saturated carbocycles. The van der Waals surface area contributed by atoms with Gasteiger partial charge < -0.3 is 11.1 Å². The monoisotopic (exact) mass is 288 g/mol. The smallest absolute Gasteiger partial charge is 0.220 e. The van der Waals surface area contributed by atoms with E-state index >= 15 is 0 Å². The van der Waals surface area contributed by atoms with Crippen LogP contribution in [0.4, 0.5) is 0 Å². The van der Waals surface area contributed by atoms with Crippen LogP contribution in [-0.2, 0) is 4.79 Å². The van der Waals surface area contributed by atoms with Gasteiger partial charge in [-0.05, 0) is 30.7 Å². The number of rotatable bonds is 8. The van der Waals surface area contributed by atoms with Gasteiger partial charge in [-0.3, -0.25) is 4.79 Å². The number of hydrogen-bond acceptors (Lipinski definition) is 2. The lowest BCUT2D eigenvalue weighted by molar-refractivity contribution is -0.121. The van der Waals surface area contributed by atoms with Crippen LogP contribution in [0.5, 0.6) is 0 Å². The molecule has 1 amide bonds. The Hall–Kier alpha value is -1.35. The van der Waals surface area contributed by atoms with Crippen molar-refractivity contribution in [2.75, 3.05) is 6.54 Å². The van der Waals surface area contributed by atoms with E-state index in [1.807, 2.05) is 30.3 Å². The summed E-state index contributed by atoms with van der Waals surface area (Å²) >= 11 is 0. The van der Waals surface area contributed by atoms with Gasteiger partial charge in [-0.15, -0.1) is 0 Å². The first-order valence-electron chi connectivity index (χ1n) is 8.33. The predicted octanol–water partition coefficient (Wildman–Crippen LogP) is 3.55. The van der Waals surface area contributed by atoms with Crippen LogP contribution in [0.1, 0.15) is 63.0 Å². The second-order valence-corrected chi connectivity index (χ2v) is 6.20. The van der Waals surface area contributed by atoms with Gasteiger partial charge in [0, 0.05) is 19.0 Å². The van der Waals surface area contributed by atoms with Gasteiger partial charge in [0.15, 0.2) is 0 Å². The molecule has 1 aromatic carbocycles. The Bertz CT molecular complexity index is 412. The average molecular weight is 288 g/mol. The minimum atomic E-state index is -0.0459. The van der Waals surface area contributed by atoms with E-state index < -0.39 is 0 Å². The summed E-state index contributed by atoms with van der Waals surface area (Å²) in [6.45, 7) is 0.815. The average Bonchev–Trinajstić information content (AvgIpc) is 3.03. The van der Waals surface area contributed by atoms with Crippen LogP contribution in [-0.4, -0.2) is 12.5 Å². The van der Waals surface area contributed by atoms with Crippen molar-refractivity contribution in [1.82, 2.24) is 5.32 Å². The SMILES string of the molecule is NC(CCC(=O)NCCCC1CCCC1)c1ccccc1. The molecule has 21 heavy (non-hydrogen) atoms. The molecule has 1 fully saturated rings. The first-order chi connectivity index (χ1) is 10.3. The minimum Gasteiger partial charge on any atom is -0.356 e. The maximum atomic E-state index is 11.8. The highest BCUT2D eigenvalue weighted by atomic mass is 16.1. The number of nitrogens with one attached hydrogen (secondary N) is 1. The largest absolute Gasteiger partial charge is 0.356 e. The van der Waals surface area contributed by atoms with Crippen LogP contribution in [0.25, 0.3) is 0 Å². The van der Waals surface area contributed by atoms with Crippen molar-refractivity contribution in [2.24, 2.45) is 11.7 Å². The zero-order valence-electron chi connectivity index (χ0n) is 12.9. The fourth-order valence-corrected chi connectivity index (χ4v) is 3.16. The summed E-state index contributed by atoms with van der Waals surface area (Å²) in [5, 5.41) is 3.02. The highest BCUT2D eigenvalue weighted by Crippen LogP contribution is 2.28. The minimum absolute atomic E-state index is 0.0459. The van der Waals surface area contributed by atoms with Crippen LogP contribution in [0, 0.1) is 5.92 Å². The van der Waals surface area contributed by atoms with Crippen molar-refractivity contribution in [3.8, 4) is 0 Å². The van der Waals surface area contributed by atoms with Gasteiger partial charge >= 0.3 is 0 Å². The highest BCUT2D eigenvalue weighted by molar-refractivity contribution is 5.75. The molecule has 1 aromatic rings. The number of carbonyl (C=O) groups excluding carboxylic acids is 1. The first kappa shape index (κ1) is 16.0. The van der Waals surface area contributed by atoms with E-state index in [0.29, 0.717) is 12.8 Å². The summed E-state index contributed by atoms with van der Waals surface area (Å²) in [5.74, 6) is 1.04. The second kappa shape index (κ2) is 8.83. The van der Waals surface area contributed by atoms with Gasteiger partial charge in [0.25, 0.3) is 0 Å². The molecule has 1 aliphatic rings. The van der Waals surface area contributed by atoms with Crippen molar-refractivity contribution in [1.29, 1.82) is 0 Å². The molecule has 3 N–H and O–H groups in total. The fourth-order valence-electron chi connectivity index (χ4n) is 3.16. The Balaban J connectivity index is 1.55. The van der Waals surface area contributed by atoms with Crippen molar-refractivity contribution < 1.29 is 4.79 Å². The lowest BCUT2D eigenvalue weighted by Gasteiger charge is -2.12. The number of carbonyl (C=O) groups is 1. The fraction of sp³-hybridized carbons (Fsp3) is 0.611. The summed E-state index contributed by atoms with van der Waals surface area (Å²) in [6, 6.07) is 9.94. The standard InChI is InChI=1S/C18H28N2O/c19-17(16-10-2-1-3-11-16)12-13-18(21)20-14-6-9-15-7-4-5-8-15/h1-3,10-11,15,17H,4-9,12-14,19H2,(H,20,21). The molecular weight excluding hydrogens is 260 g/mol. The van der Waals surface area contributed by atoms with Crippen molar-refractivity contribution in [3.05, 3.63) is 35.9 Å². The van der Waals surface area contributed by atoms with E-state index in [4.69, 9.17) is 5.73 Å². The molecule has 0 bridgehead atoms. The van der Waals surface area contributed by atoms with Gasteiger partial charge in [-0.25, -0.2) is 0 Å². The van der Waals surface area contributed by atoms with Crippen LogP contribution < -0.4 is 11.1 Å². The molecule has 1 aliphatic carbocycles. The summed E-state index contributed by atoms with van der Waals surface area (Å²) < 4.78 is 0. The van der Waals surface area contributed by atoms with Crippen LogP contribution in [0.3, 0.4) is 0 Å². The Morgan fingerprint density at radius 1 is 1.24 bits per heavy atom. The molecular formula is C18H28N2O. The zero-order valence-corrected chi connectivity index (χ0v) is 12.9. The number of nitrogens with two attached hydrogens (primary N) is 1. The number of amides is 1. The third-order valence-electron chi connectivity index (χ3n) is 4.50. The molecule has 3 nitrogen and oxygen atoms in total. The van der Waals surface area contributed by atoms with Gasteiger partial charge in [0.05, 0.1) is 0 Å². The first-order valence-corrected chi connectivity index (χ1v) is 8.33. The van der Waals surface area contributed by atoms with Gasteiger partial charge in [-0.2, -0.15) is 0 Å². The molecule has 0 heterocycles. The maximum Gasteiger partial charge on any atom is 0.220 e. The van der Waals surface area contributed by atoms with Crippen molar-refractivity contribution in [2.45, 2.75) is 57.4 Å². The van der Waals surface area contributed by atoms with E-state index in [1.165, 1.54) is 32.1 Å². The van der Waals surface area contributed by atoms with Crippen LogP contribution >= 0.6 is 0 Å². The molecule has 116 valence electrons. The molecule has 3 heteroatoms. The molecule has 1 unspecified atom stereocenters. The number of benzene rings is 1. The van der Waals surface area contributed by atoms with Crippen LogP contribution in [0.2, 0.25) is 0 Å². The van der Waals surface area contributed by atoms with Gasteiger partial charge in [0.2, 0.25) is 5.91 Å². The normalized spacial score (nSPS) is 16.8. The summed E-state index contributed by atoms with van der Waals surface area (Å²) in [5.41, 5.74) is 7.20. The number of hydrogen-bond donors (Lipinski definition) is 2. The predicted molar refractivity (Wildman–Crippen MR) is 86.8 cm³/mol. The maximum absolute atomic E-state index is 11.8. The Labute approximate surface area is 128 Å². The van der Waals surface area contributed by atoms with E-state index in [9.17, 15) is 4.79 Å².